The molecule has 2 aromatic heterocycles. The molecule has 1 aliphatic rings. The van der Waals surface area contributed by atoms with Crippen LogP contribution in [0.5, 0.6) is 23.0 Å². The first kappa shape index (κ1) is 19.7. The minimum absolute atomic E-state index is 0.0492. The second kappa shape index (κ2) is 7.49. The molecule has 0 spiro atoms. The van der Waals surface area contributed by atoms with Crippen molar-refractivity contribution in [3.8, 4) is 23.0 Å². The molecule has 0 amide bonds. The Balaban J connectivity index is 1.61. The van der Waals surface area contributed by atoms with Crippen LogP contribution in [0.15, 0.2) is 54.8 Å². The molecule has 1 aliphatic heterocycles. The van der Waals surface area contributed by atoms with E-state index >= 15 is 0 Å². The van der Waals surface area contributed by atoms with E-state index in [4.69, 9.17) is 9.47 Å². The molecule has 4 aromatic rings. The van der Waals surface area contributed by atoms with E-state index in [2.05, 4.69) is 9.55 Å². The summed E-state index contributed by atoms with van der Waals surface area (Å²) in [6.45, 7) is 3.43. The number of fused-ring (bicyclic) bond motifs is 2. The molecule has 0 aliphatic carbocycles. The summed E-state index contributed by atoms with van der Waals surface area (Å²) in [5.74, 6) is 0.00715. The zero-order valence-corrected chi connectivity index (χ0v) is 17.6. The van der Waals surface area contributed by atoms with E-state index < -0.39 is 5.78 Å². The molecule has 0 bridgehead atoms. The van der Waals surface area contributed by atoms with E-state index in [1.54, 1.807) is 25.7 Å². The fraction of sp³-hybridized carbons (Fsp3) is 0.167. The molecular weight excluding hydrogens is 410 g/mol. The summed E-state index contributed by atoms with van der Waals surface area (Å²) in [5, 5.41) is 20.8. The van der Waals surface area contributed by atoms with Gasteiger partial charge in [0.25, 0.3) is 0 Å². The number of aryl methyl sites for hydroxylation is 2. The van der Waals surface area contributed by atoms with Crippen molar-refractivity contribution in [3.05, 3.63) is 71.6 Å². The predicted molar refractivity (Wildman–Crippen MR) is 118 cm³/mol. The van der Waals surface area contributed by atoms with Gasteiger partial charge < -0.3 is 28.8 Å². The van der Waals surface area contributed by atoms with Crippen LogP contribution in [0.2, 0.25) is 0 Å². The average molecular weight is 431 g/mol. The maximum absolute atomic E-state index is 12.9. The third kappa shape index (κ3) is 3.17. The molecule has 3 heterocycles. The van der Waals surface area contributed by atoms with Gasteiger partial charge in [0, 0.05) is 59.8 Å². The highest BCUT2D eigenvalue weighted by molar-refractivity contribution is 6.17. The molecule has 32 heavy (non-hydrogen) atoms. The molecule has 8 heteroatoms. The number of phenolic OH excluding ortho intramolecular Hbond substituents is 2. The van der Waals surface area contributed by atoms with Gasteiger partial charge in [-0.3, -0.25) is 4.79 Å². The Kier molecular flexibility index (Phi) is 4.62. The number of benzene rings is 2. The van der Waals surface area contributed by atoms with Gasteiger partial charge in [-0.05, 0) is 31.2 Å². The minimum Gasteiger partial charge on any atom is -0.508 e. The van der Waals surface area contributed by atoms with Crippen molar-refractivity contribution in [1.82, 2.24) is 14.1 Å². The summed E-state index contributed by atoms with van der Waals surface area (Å²) in [6, 6.07) is 8.27. The maximum atomic E-state index is 12.9. The van der Waals surface area contributed by atoms with Gasteiger partial charge in [-0.25, -0.2) is 4.98 Å². The van der Waals surface area contributed by atoms with Crippen molar-refractivity contribution in [2.75, 3.05) is 7.11 Å². The van der Waals surface area contributed by atoms with Crippen molar-refractivity contribution in [3.63, 3.8) is 0 Å². The first-order valence-corrected chi connectivity index (χ1v) is 10.1. The SMILES string of the molecule is COc1ccc2c(c1)c(C=C1Oc3cc(O)cc(O)c3C1=O)c(C)n2CCn1ccnc1. The van der Waals surface area contributed by atoms with Gasteiger partial charge in [-0.2, -0.15) is 0 Å². The largest absolute Gasteiger partial charge is 0.508 e. The van der Waals surface area contributed by atoms with Crippen LogP contribution in [0.4, 0.5) is 0 Å². The molecule has 0 fully saturated rings. The predicted octanol–water partition coefficient (Wildman–Crippen LogP) is 3.88. The van der Waals surface area contributed by atoms with Gasteiger partial charge >= 0.3 is 0 Å². The summed E-state index contributed by atoms with van der Waals surface area (Å²) in [5.41, 5.74) is 2.83. The highest BCUT2D eigenvalue weighted by Crippen LogP contribution is 2.41. The molecule has 0 saturated heterocycles. The minimum atomic E-state index is -0.431. The van der Waals surface area contributed by atoms with Gasteiger partial charge in [0.15, 0.2) is 5.76 Å². The molecule has 0 atom stereocenters. The zero-order valence-electron chi connectivity index (χ0n) is 17.6. The summed E-state index contributed by atoms with van der Waals surface area (Å²) in [4.78, 5) is 17.0. The Labute approximate surface area is 183 Å². The molecule has 0 saturated carbocycles. The lowest BCUT2D eigenvalue weighted by Gasteiger charge is -2.09. The van der Waals surface area contributed by atoms with E-state index in [-0.39, 0.29) is 28.6 Å². The quantitative estimate of drug-likeness (QED) is 0.465. The fourth-order valence-electron chi connectivity index (χ4n) is 4.13. The van der Waals surface area contributed by atoms with E-state index in [1.165, 1.54) is 6.07 Å². The summed E-state index contributed by atoms with van der Waals surface area (Å²) in [7, 11) is 1.61. The molecule has 162 valence electrons. The van der Waals surface area contributed by atoms with Gasteiger partial charge in [0.2, 0.25) is 5.78 Å². The summed E-state index contributed by atoms with van der Waals surface area (Å²) < 4.78 is 15.3. The van der Waals surface area contributed by atoms with Crippen LogP contribution in [0.1, 0.15) is 21.6 Å². The van der Waals surface area contributed by atoms with E-state index in [0.717, 1.165) is 34.8 Å². The number of ether oxygens (including phenoxy) is 2. The second-order valence-electron chi connectivity index (χ2n) is 7.61. The number of phenols is 2. The highest BCUT2D eigenvalue weighted by Gasteiger charge is 2.32. The first-order chi connectivity index (χ1) is 15.5. The lowest BCUT2D eigenvalue weighted by atomic mass is 10.1. The van der Waals surface area contributed by atoms with Crippen LogP contribution in [0, 0.1) is 6.92 Å². The Hall–Kier alpha value is -4.20. The van der Waals surface area contributed by atoms with Crippen molar-refractivity contribution in [2.45, 2.75) is 20.0 Å². The Morgan fingerprint density at radius 1 is 1.19 bits per heavy atom. The lowest BCUT2D eigenvalue weighted by molar-refractivity contribution is 0.101. The number of carbonyl (C=O) groups excluding carboxylic acids is 1. The topological polar surface area (TPSA) is 98.7 Å². The van der Waals surface area contributed by atoms with Gasteiger partial charge in [0.1, 0.15) is 28.6 Å². The number of methoxy groups -OCH3 is 1. The number of hydrogen-bond acceptors (Lipinski definition) is 6. The number of imidazole rings is 1. The van der Waals surface area contributed by atoms with Gasteiger partial charge in [-0.1, -0.05) is 0 Å². The highest BCUT2D eigenvalue weighted by atomic mass is 16.5. The van der Waals surface area contributed by atoms with Gasteiger partial charge in [-0.15, -0.1) is 0 Å². The molecule has 0 unspecified atom stereocenters. The number of aromatic hydroxyl groups is 2. The van der Waals surface area contributed by atoms with E-state index in [1.807, 2.05) is 35.9 Å². The van der Waals surface area contributed by atoms with Crippen molar-refractivity contribution in [2.24, 2.45) is 0 Å². The molecular formula is C24H21N3O5. The molecule has 2 aromatic carbocycles. The van der Waals surface area contributed by atoms with Gasteiger partial charge in [0.05, 0.1) is 13.4 Å². The number of aromatic nitrogens is 3. The van der Waals surface area contributed by atoms with E-state index in [9.17, 15) is 15.0 Å². The molecule has 2 N–H and O–H groups in total. The Bertz CT molecular complexity index is 1380. The lowest BCUT2D eigenvalue weighted by Crippen LogP contribution is -2.07. The van der Waals surface area contributed by atoms with Crippen molar-refractivity contribution in [1.29, 1.82) is 0 Å². The van der Waals surface area contributed by atoms with Crippen molar-refractivity contribution >= 4 is 22.8 Å². The third-order valence-electron chi connectivity index (χ3n) is 5.73. The number of Topliss-reactive ketones (excluding diaryl/α,β-unsaturated/α-hetero) is 1. The molecule has 5 rings (SSSR count). The monoisotopic (exact) mass is 431 g/mol. The number of carbonyl (C=O) groups is 1. The standard InChI is InChI=1S/C24H21N3O5/c1-14-17(12-22-24(30)23-20(29)9-15(28)10-21(23)32-22)18-11-16(31-2)3-4-19(18)27(14)8-7-26-6-5-25-13-26/h3-6,9-13,28-29H,7-8H2,1-2H3. The van der Waals surface area contributed by atoms with Crippen LogP contribution >= 0.6 is 0 Å². The number of hydrogen-bond donors (Lipinski definition) is 2. The van der Waals surface area contributed by atoms with E-state index in [0.29, 0.717) is 12.3 Å². The number of rotatable bonds is 5. The average Bonchev–Trinajstić information content (AvgIpc) is 3.45. The number of nitrogens with zero attached hydrogens (tertiary/aromatic N) is 3. The number of ketones is 1. The normalized spacial score (nSPS) is 14.2. The van der Waals surface area contributed by atoms with Crippen LogP contribution in [0.25, 0.3) is 17.0 Å². The number of allylic oxidation sites excluding steroid dienone is 1. The molecule has 8 nitrogen and oxygen atoms in total. The fourth-order valence-corrected chi connectivity index (χ4v) is 4.13. The second-order valence-corrected chi connectivity index (χ2v) is 7.61. The Morgan fingerprint density at radius 2 is 2.03 bits per heavy atom. The first-order valence-electron chi connectivity index (χ1n) is 10.1. The summed E-state index contributed by atoms with van der Waals surface area (Å²) >= 11 is 0. The maximum Gasteiger partial charge on any atom is 0.235 e. The zero-order chi connectivity index (χ0) is 22.4. The summed E-state index contributed by atoms with van der Waals surface area (Å²) in [6.07, 6.45) is 7.12. The van der Waals surface area contributed by atoms with Crippen LogP contribution in [0.3, 0.4) is 0 Å². The Morgan fingerprint density at radius 3 is 2.78 bits per heavy atom. The van der Waals surface area contributed by atoms with Crippen LogP contribution in [-0.4, -0.2) is 37.2 Å². The molecule has 0 radical (unpaired) electrons. The van der Waals surface area contributed by atoms with Crippen molar-refractivity contribution < 1.29 is 24.5 Å². The van der Waals surface area contributed by atoms with Crippen LogP contribution in [-0.2, 0) is 13.1 Å². The van der Waals surface area contributed by atoms with Crippen LogP contribution < -0.4 is 9.47 Å². The third-order valence-corrected chi connectivity index (χ3v) is 5.73. The smallest absolute Gasteiger partial charge is 0.235 e.